The maximum absolute atomic E-state index is 13.2. The molecule has 3 unspecified atom stereocenters. The molecule has 0 aliphatic carbocycles. The zero-order valence-corrected chi connectivity index (χ0v) is 26.3. The van der Waals surface area contributed by atoms with E-state index in [4.69, 9.17) is 4.74 Å². The first-order valence-corrected chi connectivity index (χ1v) is 15.1. The van der Waals surface area contributed by atoms with Gasteiger partial charge < -0.3 is 36.6 Å². The summed E-state index contributed by atoms with van der Waals surface area (Å²) in [5.41, 5.74) is 0. The number of hydrogen-bond acceptors (Lipinski definition) is 8. The van der Waals surface area contributed by atoms with E-state index >= 15 is 0 Å². The van der Waals surface area contributed by atoms with E-state index in [2.05, 4.69) is 31.9 Å². The average Bonchev–Trinajstić information content (AvgIpc) is 3.44. The van der Waals surface area contributed by atoms with E-state index in [9.17, 15) is 28.8 Å². The van der Waals surface area contributed by atoms with Crippen molar-refractivity contribution in [1.29, 1.82) is 0 Å². The molecule has 240 valence electrons. The first kappa shape index (κ1) is 36.8. The van der Waals surface area contributed by atoms with Gasteiger partial charge in [-0.1, -0.05) is 41.5 Å². The third-order valence-electron chi connectivity index (χ3n) is 6.55. The van der Waals surface area contributed by atoms with E-state index in [1.165, 1.54) is 0 Å². The summed E-state index contributed by atoms with van der Waals surface area (Å²) in [5.74, 6) is -2.75. The van der Waals surface area contributed by atoms with E-state index in [1.54, 1.807) is 6.92 Å². The molecule has 6 N–H and O–H groups in total. The lowest BCUT2D eigenvalue weighted by atomic mass is 10.00. The van der Waals surface area contributed by atoms with E-state index < -0.39 is 47.7 Å². The van der Waals surface area contributed by atoms with Crippen molar-refractivity contribution in [2.24, 2.45) is 17.8 Å². The molecule has 1 heterocycles. The monoisotopic (exact) mass is 596 g/mol. The van der Waals surface area contributed by atoms with E-state index in [-0.39, 0.29) is 49.4 Å². The van der Waals surface area contributed by atoms with Crippen LogP contribution in [0, 0.1) is 17.8 Å². The van der Waals surface area contributed by atoms with Crippen molar-refractivity contribution in [3.63, 3.8) is 0 Å². The SMILES string of the molecule is CCOC(=O)CNC(=O)C(CC(C)C)NC(=O)C(CC(C)C)NC(=O)CNC(=O)C(CC(C)C)NC(=O)[C@@H]1CCCN1. The second-order valence-corrected chi connectivity index (χ2v) is 12.0. The largest absolute Gasteiger partial charge is 0.465 e. The Bertz CT molecular complexity index is 918. The van der Waals surface area contributed by atoms with Crippen LogP contribution >= 0.6 is 0 Å². The Morgan fingerprint density at radius 1 is 0.714 bits per heavy atom. The molecule has 0 aromatic carbocycles. The number of carbonyl (C=O) groups is 6. The van der Waals surface area contributed by atoms with Crippen LogP contribution in [0.15, 0.2) is 0 Å². The maximum atomic E-state index is 13.2. The Hall–Kier alpha value is -3.22. The van der Waals surface area contributed by atoms with Crippen LogP contribution in [0.3, 0.4) is 0 Å². The van der Waals surface area contributed by atoms with Crippen LogP contribution in [0.1, 0.15) is 80.6 Å². The molecule has 0 radical (unpaired) electrons. The fourth-order valence-electron chi connectivity index (χ4n) is 4.59. The summed E-state index contributed by atoms with van der Waals surface area (Å²) < 4.78 is 4.83. The van der Waals surface area contributed by atoms with Crippen LogP contribution in [-0.2, 0) is 33.5 Å². The molecule has 42 heavy (non-hydrogen) atoms. The molecule has 1 aliphatic rings. The summed E-state index contributed by atoms with van der Waals surface area (Å²) in [6, 6.07) is -3.01. The lowest BCUT2D eigenvalue weighted by Gasteiger charge is -2.25. The minimum absolute atomic E-state index is 0.0339. The number of hydrogen-bond donors (Lipinski definition) is 6. The van der Waals surface area contributed by atoms with Gasteiger partial charge in [0.25, 0.3) is 0 Å². The Kier molecular flexibility index (Phi) is 16.7. The van der Waals surface area contributed by atoms with Gasteiger partial charge in [0.1, 0.15) is 24.7 Å². The summed E-state index contributed by atoms with van der Waals surface area (Å²) in [6.07, 6.45) is 2.61. The second kappa shape index (κ2) is 19.1. The predicted molar refractivity (Wildman–Crippen MR) is 158 cm³/mol. The Labute approximate surface area is 249 Å². The summed E-state index contributed by atoms with van der Waals surface area (Å²) in [4.78, 5) is 76.0. The number of esters is 1. The molecule has 0 spiro atoms. The van der Waals surface area contributed by atoms with Crippen molar-refractivity contribution in [2.45, 2.75) is 105 Å². The molecule has 13 nitrogen and oxygen atoms in total. The molecule has 5 amide bonds. The first-order chi connectivity index (χ1) is 19.7. The minimum Gasteiger partial charge on any atom is -0.465 e. The van der Waals surface area contributed by atoms with Gasteiger partial charge >= 0.3 is 5.97 Å². The number of carbonyl (C=O) groups excluding carboxylic acids is 6. The summed E-state index contributed by atoms with van der Waals surface area (Å²) in [7, 11) is 0. The van der Waals surface area contributed by atoms with Gasteiger partial charge in [-0.3, -0.25) is 28.8 Å². The van der Waals surface area contributed by atoms with Gasteiger partial charge in [-0.05, 0) is 63.3 Å². The standard InChI is InChI=1S/C29H52N6O7/c1-8-42-25(37)16-32-27(39)22(13-18(4)5)35-29(41)23(14-19(6)7)33-24(36)15-31-26(38)21(12-17(2)3)34-28(40)20-10-9-11-30-20/h17-23,30H,8-16H2,1-7H3,(H,31,38)(H,32,39)(H,33,36)(H,34,40)(H,35,41)/t20-,21?,22?,23?/m0/s1. The van der Waals surface area contributed by atoms with E-state index in [0.717, 1.165) is 13.0 Å². The molecule has 4 atom stereocenters. The van der Waals surface area contributed by atoms with Crippen LogP contribution < -0.4 is 31.9 Å². The summed E-state index contributed by atoms with van der Waals surface area (Å²) >= 11 is 0. The third-order valence-corrected chi connectivity index (χ3v) is 6.55. The van der Waals surface area contributed by atoms with Gasteiger partial charge in [-0.2, -0.15) is 0 Å². The Morgan fingerprint density at radius 2 is 1.21 bits per heavy atom. The molecule has 13 heteroatoms. The molecular weight excluding hydrogens is 544 g/mol. The van der Waals surface area contributed by atoms with Crippen LogP contribution in [0.4, 0.5) is 0 Å². The van der Waals surface area contributed by atoms with Crippen LogP contribution in [0.5, 0.6) is 0 Å². The van der Waals surface area contributed by atoms with Crippen molar-refractivity contribution in [3.05, 3.63) is 0 Å². The third kappa shape index (κ3) is 14.6. The van der Waals surface area contributed by atoms with Gasteiger partial charge in [-0.15, -0.1) is 0 Å². The molecule has 0 aromatic heterocycles. The number of nitrogens with one attached hydrogen (secondary N) is 6. The van der Waals surface area contributed by atoms with Crippen LogP contribution in [0.25, 0.3) is 0 Å². The lowest BCUT2D eigenvalue weighted by Crippen LogP contribution is -2.56. The average molecular weight is 597 g/mol. The zero-order valence-electron chi connectivity index (χ0n) is 26.3. The van der Waals surface area contributed by atoms with Gasteiger partial charge in [-0.25, -0.2) is 0 Å². The maximum Gasteiger partial charge on any atom is 0.325 e. The van der Waals surface area contributed by atoms with Gasteiger partial charge in [0.2, 0.25) is 29.5 Å². The number of ether oxygens (including phenoxy) is 1. The van der Waals surface area contributed by atoms with Crippen molar-refractivity contribution in [2.75, 3.05) is 26.2 Å². The molecule has 1 fully saturated rings. The summed E-state index contributed by atoms with van der Waals surface area (Å²) in [5, 5.41) is 16.3. The van der Waals surface area contributed by atoms with Crippen molar-refractivity contribution in [1.82, 2.24) is 31.9 Å². The molecule has 0 saturated carbocycles. The van der Waals surface area contributed by atoms with Crippen molar-refractivity contribution >= 4 is 35.5 Å². The highest BCUT2D eigenvalue weighted by molar-refractivity contribution is 5.95. The van der Waals surface area contributed by atoms with Gasteiger partial charge in [0.15, 0.2) is 0 Å². The number of amides is 5. The van der Waals surface area contributed by atoms with E-state index in [0.29, 0.717) is 25.7 Å². The molecule has 1 aliphatic heterocycles. The first-order valence-electron chi connectivity index (χ1n) is 15.1. The van der Waals surface area contributed by atoms with Crippen LogP contribution in [0.2, 0.25) is 0 Å². The number of rotatable bonds is 18. The fraction of sp³-hybridized carbons (Fsp3) is 0.793. The van der Waals surface area contributed by atoms with Crippen molar-refractivity contribution < 1.29 is 33.5 Å². The minimum atomic E-state index is -0.957. The smallest absolute Gasteiger partial charge is 0.325 e. The fourth-order valence-corrected chi connectivity index (χ4v) is 4.59. The molecule has 0 bridgehead atoms. The molecule has 0 aromatic rings. The molecular formula is C29H52N6O7. The van der Waals surface area contributed by atoms with Gasteiger partial charge in [0.05, 0.1) is 19.2 Å². The second-order valence-electron chi connectivity index (χ2n) is 12.0. The Morgan fingerprint density at radius 3 is 1.69 bits per heavy atom. The normalized spacial score (nSPS) is 16.9. The molecule has 1 rings (SSSR count). The predicted octanol–water partition coefficient (Wildman–Crippen LogP) is 0.127. The Balaban J connectivity index is 2.82. The highest BCUT2D eigenvalue weighted by atomic mass is 16.5. The quantitative estimate of drug-likeness (QED) is 0.121. The van der Waals surface area contributed by atoms with Gasteiger partial charge in [0, 0.05) is 0 Å². The molecule has 1 saturated heterocycles. The van der Waals surface area contributed by atoms with E-state index in [1.807, 2.05) is 41.5 Å². The topological polar surface area (TPSA) is 184 Å². The van der Waals surface area contributed by atoms with Crippen LogP contribution in [-0.4, -0.2) is 85.9 Å². The highest BCUT2D eigenvalue weighted by Crippen LogP contribution is 2.10. The summed E-state index contributed by atoms with van der Waals surface area (Å²) in [6.45, 7) is 13.3. The highest BCUT2D eigenvalue weighted by Gasteiger charge is 2.30. The lowest BCUT2D eigenvalue weighted by molar-refractivity contribution is -0.143. The zero-order chi connectivity index (χ0) is 31.8. The van der Waals surface area contributed by atoms with Crippen molar-refractivity contribution in [3.8, 4) is 0 Å².